The zero-order valence-corrected chi connectivity index (χ0v) is 15.6. The lowest BCUT2D eigenvalue weighted by Gasteiger charge is -2.07. The number of para-hydroxylation sites is 1. The van der Waals surface area contributed by atoms with Gasteiger partial charge < -0.3 is 4.98 Å². The van der Waals surface area contributed by atoms with Crippen LogP contribution in [0.2, 0.25) is 0 Å². The zero-order valence-electron chi connectivity index (χ0n) is 15.6. The number of aromatic nitrogens is 3. The van der Waals surface area contributed by atoms with Crippen LogP contribution in [0.3, 0.4) is 0 Å². The Balaban J connectivity index is 2.02. The van der Waals surface area contributed by atoms with E-state index in [-0.39, 0.29) is 0 Å². The molecule has 0 atom stereocenters. The topological polar surface area (TPSA) is 33.1 Å². The lowest BCUT2D eigenvalue weighted by atomic mass is 10.1. The van der Waals surface area contributed by atoms with Crippen molar-refractivity contribution in [3.63, 3.8) is 0 Å². The second-order valence-electron chi connectivity index (χ2n) is 7.64. The normalized spacial score (nSPS) is 12.3. The average Bonchev–Trinajstić information content (AvgIpc) is 3.20. The molecule has 3 heterocycles. The fraction of sp³-hybridized carbons (Fsp3) is 0.125. The minimum atomic E-state index is 1.03. The highest BCUT2D eigenvalue weighted by atomic mass is 15.0. The van der Waals surface area contributed by atoms with Crippen LogP contribution in [-0.2, 0) is 0 Å². The minimum absolute atomic E-state index is 1.03. The quantitative estimate of drug-likeness (QED) is 0.348. The fourth-order valence-corrected chi connectivity index (χ4v) is 4.36. The van der Waals surface area contributed by atoms with Crippen LogP contribution >= 0.6 is 0 Å². The first-order chi connectivity index (χ1) is 13.1. The summed E-state index contributed by atoms with van der Waals surface area (Å²) in [4.78, 5) is 8.74. The summed E-state index contributed by atoms with van der Waals surface area (Å²) in [6, 6.07) is 19.7. The molecule has 6 aromatic rings. The van der Waals surface area contributed by atoms with Crippen molar-refractivity contribution in [2.24, 2.45) is 0 Å². The maximum absolute atomic E-state index is 5.09. The maximum atomic E-state index is 5.09. The molecule has 0 spiro atoms. The minimum Gasteiger partial charge on any atom is -0.354 e. The van der Waals surface area contributed by atoms with Crippen LogP contribution in [0.25, 0.3) is 49.4 Å². The highest BCUT2D eigenvalue weighted by Gasteiger charge is 2.17. The molecule has 0 aliphatic heterocycles. The van der Waals surface area contributed by atoms with E-state index in [0.29, 0.717) is 0 Å². The van der Waals surface area contributed by atoms with Gasteiger partial charge in [-0.25, -0.2) is 4.98 Å². The van der Waals surface area contributed by atoms with E-state index in [1.54, 1.807) is 0 Å². The number of nitrogens with one attached hydrogen (secondary N) is 1. The van der Waals surface area contributed by atoms with E-state index in [1.807, 2.05) is 0 Å². The zero-order chi connectivity index (χ0) is 18.3. The molecule has 6 rings (SSSR count). The lowest BCUT2D eigenvalue weighted by molar-refractivity contribution is 1.30. The van der Waals surface area contributed by atoms with Crippen molar-refractivity contribution in [2.75, 3.05) is 0 Å². The predicted octanol–water partition coefficient (Wildman–Crippen LogP) is 6.20. The van der Waals surface area contributed by atoms with Gasteiger partial charge in [0.15, 0.2) is 0 Å². The van der Waals surface area contributed by atoms with E-state index in [1.165, 1.54) is 49.4 Å². The summed E-state index contributed by atoms with van der Waals surface area (Å²) in [5.41, 5.74) is 10.6. The molecule has 0 aliphatic rings. The summed E-state index contributed by atoms with van der Waals surface area (Å²) < 4.78 is 2.33. The van der Waals surface area contributed by atoms with Gasteiger partial charge >= 0.3 is 0 Å². The standard InChI is InChI=1S/C24H19N3/c1-13-8-9-18-17(10-13)22-23(25-18)16-6-4-5-7-20(16)27-21-12-15(3)14(2)11-19(21)26-24(22)27/h4-12,25H,1-3H3. The maximum Gasteiger partial charge on any atom is 0.148 e. The number of rotatable bonds is 0. The van der Waals surface area contributed by atoms with E-state index in [9.17, 15) is 0 Å². The van der Waals surface area contributed by atoms with Crippen molar-refractivity contribution in [2.45, 2.75) is 20.8 Å². The molecular weight excluding hydrogens is 330 g/mol. The second kappa shape index (κ2) is 4.89. The molecule has 0 bridgehead atoms. The number of fused-ring (bicyclic) bond motifs is 10. The molecule has 3 aromatic heterocycles. The molecule has 0 amide bonds. The summed E-state index contributed by atoms with van der Waals surface area (Å²) in [5, 5.41) is 3.68. The van der Waals surface area contributed by atoms with Crippen molar-refractivity contribution in [3.05, 3.63) is 71.3 Å². The molecule has 0 unspecified atom stereocenters. The molecule has 27 heavy (non-hydrogen) atoms. The summed E-state index contributed by atoms with van der Waals surface area (Å²) in [7, 11) is 0. The Morgan fingerprint density at radius 3 is 2.52 bits per heavy atom. The van der Waals surface area contributed by atoms with Gasteiger partial charge in [-0.3, -0.25) is 4.40 Å². The largest absolute Gasteiger partial charge is 0.354 e. The molecule has 0 saturated carbocycles. The Bertz CT molecular complexity index is 1550. The highest BCUT2D eigenvalue weighted by Crippen LogP contribution is 2.37. The number of hydrogen-bond donors (Lipinski definition) is 1. The number of nitrogens with zero attached hydrogens (tertiary/aromatic N) is 2. The van der Waals surface area contributed by atoms with Crippen LogP contribution < -0.4 is 0 Å². The van der Waals surface area contributed by atoms with Gasteiger partial charge in [0, 0.05) is 16.3 Å². The number of benzene rings is 3. The third-order valence-corrected chi connectivity index (χ3v) is 5.86. The van der Waals surface area contributed by atoms with Gasteiger partial charge in [0.25, 0.3) is 0 Å². The molecule has 0 saturated heterocycles. The second-order valence-corrected chi connectivity index (χ2v) is 7.64. The van der Waals surface area contributed by atoms with Gasteiger partial charge in [-0.15, -0.1) is 0 Å². The first-order valence-corrected chi connectivity index (χ1v) is 9.34. The van der Waals surface area contributed by atoms with Crippen LogP contribution in [0.1, 0.15) is 16.7 Å². The third-order valence-electron chi connectivity index (χ3n) is 5.86. The van der Waals surface area contributed by atoms with Gasteiger partial charge in [0.1, 0.15) is 5.65 Å². The molecule has 0 fully saturated rings. The van der Waals surface area contributed by atoms with Crippen molar-refractivity contribution in [3.8, 4) is 0 Å². The predicted molar refractivity (Wildman–Crippen MR) is 114 cm³/mol. The Kier molecular flexibility index (Phi) is 2.68. The van der Waals surface area contributed by atoms with Gasteiger partial charge in [-0.2, -0.15) is 0 Å². The molecule has 130 valence electrons. The molecule has 3 aromatic carbocycles. The number of aromatic amines is 1. The Morgan fingerprint density at radius 1 is 0.815 bits per heavy atom. The fourth-order valence-electron chi connectivity index (χ4n) is 4.36. The average molecular weight is 349 g/mol. The van der Waals surface area contributed by atoms with Crippen molar-refractivity contribution in [1.29, 1.82) is 0 Å². The molecular formula is C24H19N3. The van der Waals surface area contributed by atoms with E-state index in [4.69, 9.17) is 4.98 Å². The summed E-state index contributed by atoms with van der Waals surface area (Å²) in [6.45, 7) is 6.47. The Morgan fingerprint density at radius 2 is 1.63 bits per heavy atom. The molecule has 3 heteroatoms. The molecule has 3 nitrogen and oxygen atoms in total. The summed E-state index contributed by atoms with van der Waals surface area (Å²) in [6.07, 6.45) is 0. The lowest BCUT2D eigenvalue weighted by Crippen LogP contribution is -1.91. The number of hydrogen-bond acceptors (Lipinski definition) is 1. The summed E-state index contributed by atoms with van der Waals surface area (Å²) >= 11 is 0. The van der Waals surface area contributed by atoms with Gasteiger partial charge in [-0.05, 0) is 62.2 Å². The van der Waals surface area contributed by atoms with Crippen LogP contribution in [0, 0.1) is 20.8 Å². The van der Waals surface area contributed by atoms with Gasteiger partial charge in [-0.1, -0.05) is 29.8 Å². The summed E-state index contributed by atoms with van der Waals surface area (Å²) in [5.74, 6) is 0. The third kappa shape index (κ3) is 1.83. The van der Waals surface area contributed by atoms with Gasteiger partial charge in [0.05, 0.1) is 27.5 Å². The SMILES string of the molecule is Cc1ccc2[nH]c3c4ccccc4n4c5cc(C)c(C)cc5nc4c3c2c1. The first kappa shape index (κ1) is 14.8. The van der Waals surface area contributed by atoms with Crippen molar-refractivity contribution in [1.82, 2.24) is 14.4 Å². The molecule has 0 aliphatic carbocycles. The van der Waals surface area contributed by atoms with E-state index in [2.05, 4.69) is 84.8 Å². The van der Waals surface area contributed by atoms with Crippen LogP contribution in [0.15, 0.2) is 54.6 Å². The highest BCUT2D eigenvalue weighted by molar-refractivity contribution is 6.23. The molecule has 0 radical (unpaired) electrons. The Labute approximate surface area is 156 Å². The van der Waals surface area contributed by atoms with Crippen LogP contribution in [0.4, 0.5) is 0 Å². The number of H-pyrrole nitrogens is 1. The van der Waals surface area contributed by atoms with Crippen LogP contribution in [0.5, 0.6) is 0 Å². The number of pyridine rings is 1. The van der Waals surface area contributed by atoms with E-state index in [0.717, 1.165) is 16.7 Å². The Hall–Kier alpha value is -3.33. The van der Waals surface area contributed by atoms with Gasteiger partial charge in [0.2, 0.25) is 0 Å². The van der Waals surface area contributed by atoms with E-state index < -0.39 is 0 Å². The van der Waals surface area contributed by atoms with E-state index >= 15 is 0 Å². The number of imidazole rings is 1. The van der Waals surface area contributed by atoms with Crippen molar-refractivity contribution >= 4 is 49.4 Å². The smallest absolute Gasteiger partial charge is 0.148 e. The number of aryl methyl sites for hydroxylation is 3. The monoisotopic (exact) mass is 349 g/mol. The molecule has 1 N–H and O–H groups in total. The van der Waals surface area contributed by atoms with Crippen LogP contribution in [-0.4, -0.2) is 14.4 Å². The van der Waals surface area contributed by atoms with Crippen molar-refractivity contribution < 1.29 is 0 Å². The first-order valence-electron chi connectivity index (χ1n) is 9.34.